The summed E-state index contributed by atoms with van der Waals surface area (Å²) in [7, 11) is 5.50. The van der Waals surface area contributed by atoms with Crippen molar-refractivity contribution in [2.75, 3.05) is 21.2 Å². The molecule has 114 valence electrons. The molecule has 6 heteroatoms. The van der Waals surface area contributed by atoms with Crippen molar-refractivity contribution in [3.8, 4) is 17.1 Å². The lowest BCUT2D eigenvalue weighted by molar-refractivity contribution is 0.397. The van der Waals surface area contributed by atoms with Gasteiger partial charge in [-0.05, 0) is 20.2 Å². The fourth-order valence-corrected chi connectivity index (χ4v) is 2.47. The van der Waals surface area contributed by atoms with Crippen molar-refractivity contribution < 1.29 is 9.15 Å². The number of ether oxygens (including phenoxy) is 1. The Kier molecular flexibility index (Phi) is 3.68. The summed E-state index contributed by atoms with van der Waals surface area (Å²) in [5, 5.41) is 0.592. The molecule has 1 aromatic carbocycles. The topological polar surface area (TPSA) is 71.4 Å². The smallest absolute Gasteiger partial charge is 0.189 e. The highest BCUT2D eigenvalue weighted by molar-refractivity contribution is 5.87. The van der Waals surface area contributed by atoms with Crippen LogP contribution in [0.3, 0.4) is 0 Å². The normalized spacial score (nSPS) is 11.3. The lowest BCUT2D eigenvalue weighted by Gasteiger charge is -2.12. The molecule has 0 fully saturated rings. The molecule has 0 aliphatic carbocycles. The molecule has 0 saturated heterocycles. The molecule has 0 saturated carbocycles. The van der Waals surface area contributed by atoms with Crippen LogP contribution >= 0.6 is 0 Å². The van der Waals surface area contributed by atoms with Crippen molar-refractivity contribution in [2.45, 2.75) is 6.54 Å². The molecule has 0 aliphatic rings. The van der Waals surface area contributed by atoms with Gasteiger partial charge in [0.25, 0.3) is 0 Å². The number of hydrogen-bond donors (Lipinski definition) is 1. The fraction of sp³-hybridized carbons (Fsp3) is 0.250. The van der Waals surface area contributed by atoms with E-state index in [1.807, 2.05) is 25.1 Å². The molecule has 1 N–H and O–H groups in total. The van der Waals surface area contributed by atoms with Crippen molar-refractivity contribution in [3.63, 3.8) is 0 Å². The number of H-pyrrole nitrogens is 1. The van der Waals surface area contributed by atoms with Gasteiger partial charge >= 0.3 is 0 Å². The van der Waals surface area contributed by atoms with Gasteiger partial charge in [0.05, 0.1) is 24.4 Å². The predicted octanol–water partition coefficient (Wildman–Crippen LogP) is 2.25. The number of fused-ring (bicyclic) bond motifs is 1. The van der Waals surface area contributed by atoms with Gasteiger partial charge in [0.2, 0.25) is 0 Å². The Hall–Kier alpha value is -2.60. The van der Waals surface area contributed by atoms with Crippen molar-refractivity contribution in [3.05, 3.63) is 46.7 Å². The van der Waals surface area contributed by atoms with Crippen LogP contribution in [-0.4, -0.2) is 36.1 Å². The average molecular weight is 299 g/mol. The number of nitrogens with zero attached hydrogens (tertiary/aromatic N) is 2. The molecule has 0 atom stereocenters. The number of oxazole rings is 1. The van der Waals surface area contributed by atoms with Crippen LogP contribution in [-0.2, 0) is 6.54 Å². The Morgan fingerprint density at radius 1 is 1.32 bits per heavy atom. The zero-order valence-electron chi connectivity index (χ0n) is 12.7. The van der Waals surface area contributed by atoms with E-state index >= 15 is 0 Å². The average Bonchev–Trinajstić information content (AvgIpc) is 2.99. The van der Waals surface area contributed by atoms with Crippen molar-refractivity contribution >= 4 is 10.9 Å². The number of hydrogen-bond acceptors (Lipinski definition) is 5. The molecule has 2 heterocycles. The van der Waals surface area contributed by atoms with Crippen LogP contribution in [0.4, 0.5) is 0 Å². The molecule has 0 amide bonds. The summed E-state index contributed by atoms with van der Waals surface area (Å²) in [6, 6.07) is 5.21. The standard InChI is InChI=1S/C16H17N3O3/c1-19(2)8-10-4-14(20)11-5-12(16-7-17-9-22-16)15(21-3)6-13(11)18-10/h4-7,9H,8H2,1-3H3,(H,18,20). The molecule has 6 nitrogen and oxygen atoms in total. The predicted molar refractivity (Wildman–Crippen MR) is 84.0 cm³/mol. The molecule has 22 heavy (non-hydrogen) atoms. The van der Waals surface area contributed by atoms with Crippen LogP contribution in [0.2, 0.25) is 0 Å². The van der Waals surface area contributed by atoms with Gasteiger partial charge in [-0.1, -0.05) is 0 Å². The van der Waals surface area contributed by atoms with E-state index in [9.17, 15) is 4.79 Å². The zero-order valence-corrected chi connectivity index (χ0v) is 12.7. The van der Waals surface area contributed by atoms with Gasteiger partial charge < -0.3 is 19.0 Å². The number of rotatable bonds is 4. The summed E-state index contributed by atoms with van der Waals surface area (Å²) >= 11 is 0. The van der Waals surface area contributed by atoms with Gasteiger partial charge in [-0.25, -0.2) is 4.98 Å². The first-order chi connectivity index (χ1) is 10.6. The van der Waals surface area contributed by atoms with Gasteiger partial charge in [-0.15, -0.1) is 0 Å². The quantitative estimate of drug-likeness (QED) is 0.800. The highest BCUT2D eigenvalue weighted by Gasteiger charge is 2.13. The van der Waals surface area contributed by atoms with E-state index < -0.39 is 0 Å². The first-order valence-electron chi connectivity index (χ1n) is 6.86. The maximum atomic E-state index is 12.4. The third-order valence-electron chi connectivity index (χ3n) is 3.39. The van der Waals surface area contributed by atoms with E-state index in [1.165, 1.54) is 6.39 Å². The van der Waals surface area contributed by atoms with Gasteiger partial charge in [0.15, 0.2) is 17.6 Å². The molecule has 3 rings (SSSR count). The summed E-state index contributed by atoms with van der Waals surface area (Å²) in [4.78, 5) is 21.6. The van der Waals surface area contributed by atoms with Crippen LogP contribution < -0.4 is 10.2 Å². The second-order valence-electron chi connectivity index (χ2n) is 5.36. The SMILES string of the molecule is COc1cc2[nH]c(CN(C)C)cc(=O)c2cc1-c1cnco1. The zero-order chi connectivity index (χ0) is 15.7. The number of benzene rings is 1. The summed E-state index contributed by atoms with van der Waals surface area (Å²) < 4.78 is 10.7. The molecule has 0 spiro atoms. The lowest BCUT2D eigenvalue weighted by Crippen LogP contribution is -2.15. The Labute approximate surface area is 127 Å². The van der Waals surface area contributed by atoms with E-state index in [0.29, 0.717) is 29.0 Å². The van der Waals surface area contributed by atoms with Crippen LogP contribution in [0, 0.1) is 0 Å². The summed E-state index contributed by atoms with van der Waals surface area (Å²) in [6.07, 6.45) is 2.95. The largest absolute Gasteiger partial charge is 0.496 e. The van der Waals surface area contributed by atoms with Crippen LogP contribution in [0.5, 0.6) is 5.75 Å². The first kappa shape index (κ1) is 14.3. The van der Waals surface area contributed by atoms with E-state index in [2.05, 4.69) is 9.97 Å². The van der Waals surface area contributed by atoms with Crippen molar-refractivity contribution in [2.24, 2.45) is 0 Å². The molecule has 0 bridgehead atoms. The molecule has 0 unspecified atom stereocenters. The summed E-state index contributed by atoms with van der Waals surface area (Å²) in [6.45, 7) is 0.664. The summed E-state index contributed by atoms with van der Waals surface area (Å²) in [5.41, 5.74) is 2.27. The molecular weight excluding hydrogens is 282 g/mol. The highest BCUT2D eigenvalue weighted by atomic mass is 16.5. The maximum Gasteiger partial charge on any atom is 0.189 e. The molecule has 0 aliphatic heterocycles. The Morgan fingerprint density at radius 2 is 2.14 bits per heavy atom. The summed E-state index contributed by atoms with van der Waals surface area (Å²) in [5.74, 6) is 1.19. The van der Waals surface area contributed by atoms with Crippen LogP contribution in [0.15, 0.2) is 40.0 Å². The Bertz CT molecular complexity index is 851. The number of aromatic nitrogens is 2. The Morgan fingerprint density at radius 3 is 2.77 bits per heavy atom. The van der Waals surface area contributed by atoms with Crippen LogP contribution in [0.1, 0.15) is 5.69 Å². The monoisotopic (exact) mass is 299 g/mol. The minimum atomic E-state index is -0.0333. The third kappa shape index (κ3) is 2.60. The molecule has 3 aromatic rings. The molecular formula is C16H17N3O3. The van der Waals surface area contributed by atoms with Crippen molar-refractivity contribution in [1.82, 2.24) is 14.9 Å². The minimum Gasteiger partial charge on any atom is -0.496 e. The number of methoxy groups -OCH3 is 1. The number of aromatic amines is 1. The van der Waals surface area contributed by atoms with E-state index in [1.54, 1.807) is 25.4 Å². The van der Waals surface area contributed by atoms with E-state index in [-0.39, 0.29) is 5.43 Å². The van der Waals surface area contributed by atoms with E-state index in [0.717, 1.165) is 11.2 Å². The lowest BCUT2D eigenvalue weighted by atomic mass is 10.1. The number of nitrogens with one attached hydrogen (secondary N) is 1. The fourth-order valence-electron chi connectivity index (χ4n) is 2.47. The van der Waals surface area contributed by atoms with Gasteiger partial charge in [-0.2, -0.15) is 0 Å². The van der Waals surface area contributed by atoms with Crippen LogP contribution in [0.25, 0.3) is 22.2 Å². The second-order valence-corrected chi connectivity index (χ2v) is 5.36. The first-order valence-corrected chi connectivity index (χ1v) is 6.86. The minimum absolute atomic E-state index is 0.0333. The Balaban J connectivity index is 2.22. The molecule has 0 radical (unpaired) electrons. The van der Waals surface area contributed by atoms with Gasteiger partial charge in [-0.3, -0.25) is 4.79 Å². The second kappa shape index (κ2) is 5.65. The van der Waals surface area contributed by atoms with E-state index in [4.69, 9.17) is 9.15 Å². The van der Waals surface area contributed by atoms with Gasteiger partial charge in [0.1, 0.15) is 5.75 Å². The highest BCUT2D eigenvalue weighted by Crippen LogP contribution is 2.32. The van der Waals surface area contributed by atoms with Gasteiger partial charge in [0, 0.05) is 29.8 Å². The third-order valence-corrected chi connectivity index (χ3v) is 3.39. The number of pyridine rings is 1. The van der Waals surface area contributed by atoms with Crippen molar-refractivity contribution in [1.29, 1.82) is 0 Å². The maximum absolute atomic E-state index is 12.4. The molecule has 2 aromatic heterocycles.